The lowest BCUT2D eigenvalue weighted by molar-refractivity contribution is 0.0963. The third-order valence-corrected chi connectivity index (χ3v) is 3.31. The van der Waals surface area contributed by atoms with Crippen molar-refractivity contribution in [2.45, 2.75) is 26.3 Å². The van der Waals surface area contributed by atoms with Crippen molar-refractivity contribution < 1.29 is 4.79 Å². The number of nitrogens with one attached hydrogen (secondary N) is 2. The molecule has 116 valence electrons. The van der Waals surface area contributed by atoms with Gasteiger partial charge in [-0.3, -0.25) is 9.79 Å². The molecule has 1 aromatic rings. The van der Waals surface area contributed by atoms with Crippen molar-refractivity contribution in [3.05, 3.63) is 35.4 Å². The zero-order valence-electron chi connectivity index (χ0n) is 13.4. The van der Waals surface area contributed by atoms with E-state index in [1.54, 1.807) is 14.1 Å². The lowest BCUT2D eigenvalue weighted by Crippen LogP contribution is -2.38. The maximum absolute atomic E-state index is 11.5. The Kier molecular flexibility index (Phi) is 7.29. The Balaban J connectivity index is 2.55. The van der Waals surface area contributed by atoms with Gasteiger partial charge in [0.25, 0.3) is 5.91 Å². The van der Waals surface area contributed by atoms with Crippen LogP contribution in [0.3, 0.4) is 0 Å². The Bertz CT molecular complexity index is 468. The van der Waals surface area contributed by atoms with Crippen LogP contribution < -0.4 is 10.6 Å². The maximum atomic E-state index is 11.5. The van der Waals surface area contributed by atoms with Crippen molar-refractivity contribution in [3.8, 4) is 0 Å². The van der Waals surface area contributed by atoms with Crippen LogP contribution in [0, 0.1) is 0 Å². The normalized spacial score (nSPS) is 11.1. The summed E-state index contributed by atoms with van der Waals surface area (Å²) in [5, 5.41) is 5.95. The summed E-state index contributed by atoms with van der Waals surface area (Å²) in [6, 6.07) is 7.58. The minimum atomic E-state index is -0.0652. The summed E-state index contributed by atoms with van der Waals surface area (Å²) in [7, 11) is 5.47. The van der Waals surface area contributed by atoms with Crippen LogP contribution in [-0.4, -0.2) is 44.5 Å². The highest BCUT2D eigenvalue weighted by Gasteiger charge is 2.06. The van der Waals surface area contributed by atoms with Crippen molar-refractivity contribution in [2.75, 3.05) is 27.7 Å². The van der Waals surface area contributed by atoms with E-state index in [0.717, 1.165) is 24.5 Å². The van der Waals surface area contributed by atoms with Crippen LogP contribution in [0.25, 0.3) is 0 Å². The Labute approximate surface area is 127 Å². The Morgan fingerprint density at radius 2 is 1.95 bits per heavy atom. The molecule has 1 aromatic carbocycles. The highest BCUT2D eigenvalue weighted by molar-refractivity contribution is 5.93. The minimum absolute atomic E-state index is 0.0652. The number of hydrogen-bond donors (Lipinski definition) is 2. The molecule has 1 amide bonds. The van der Waals surface area contributed by atoms with Crippen molar-refractivity contribution in [1.29, 1.82) is 0 Å². The Hall–Kier alpha value is -2.04. The van der Waals surface area contributed by atoms with Crippen molar-refractivity contribution in [1.82, 2.24) is 15.5 Å². The molecule has 2 N–H and O–H groups in total. The van der Waals surface area contributed by atoms with Crippen molar-refractivity contribution >= 4 is 11.9 Å². The largest absolute Gasteiger partial charge is 0.355 e. The van der Waals surface area contributed by atoms with E-state index < -0.39 is 0 Å². The van der Waals surface area contributed by atoms with Crippen LogP contribution in [0.15, 0.2) is 29.3 Å². The molecule has 21 heavy (non-hydrogen) atoms. The van der Waals surface area contributed by atoms with Crippen LogP contribution >= 0.6 is 0 Å². The van der Waals surface area contributed by atoms with Crippen molar-refractivity contribution in [3.63, 3.8) is 0 Å². The van der Waals surface area contributed by atoms with Crippen LogP contribution in [0.4, 0.5) is 0 Å². The fourth-order valence-electron chi connectivity index (χ4n) is 1.99. The summed E-state index contributed by atoms with van der Waals surface area (Å²) in [6.45, 7) is 3.86. The molecule has 0 aromatic heterocycles. The number of hydrogen-bond acceptors (Lipinski definition) is 2. The second-order valence-corrected chi connectivity index (χ2v) is 4.95. The van der Waals surface area contributed by atoms with Gasteiger partial charge in [-0.2, -0.15) is 0 Å². The van der Waals surface area contributed by atoms with Gasteiger partial charge in [0.15, 0.2) is 5.96 Å². The molecule has 0 atom stereocenters. The van der Waals surface area contributed by atoms with Gasteiger partial charge in [-0.1, -0.05) is 25.5 Å². The van der Waals surface area contributed by atoms with Gasteiger partial charge in [0.1, 0.15) is 0 Å². The molecule has 0 spiro atoms. The molecule has 0 heterocycles. The highest BCUT2D eigenvalue weighted by atomic mass is 16.1. The first-order valence-corrected chi connectivity index (χ1v) is 7.35. The number of carbonyl (C=O) groups excluding carboxylic acids is 1. The number of carbonyl (C=O) groups is 1. The van der Waals surface area contributed by atoms with Gasteiger partial charge in [0.05, 0.1) is 0 Å². The van der Waals surface area contributed by atoms with Crippen LogP contribution in [0.1, 0.15) is 35.7 Å². The minimum Gasteiger partial charge on any atom is -0.355 e. The van der Waals surface area contributed by atoms with Crippen LogP contribution in [0.5, 0.6) is 0 Å². The molecule has 0 saturated carbocycles. The lowest BCUT2D eigenvalue weighted by Gasteiger charge is -2.21. The summed E-state index contributed by atoms with van der Waals surface area (Å²) in [5.74, 6) is 0.823. The Morgan fingerprint density at radius 1 is 1.29 bits per heavy atom. The predicted octanol–water partition coefficient (Wildman–Crippen LogP) is 1.85. The topological polar surface area (TPSA) is 56.7 Å². The summed E-state index contributed by atoms with van der Waals surface area (Å²) in [6.07, 6.45) is 2.32. The molecule has 0 fully saturated rings. The SMILES string of the molecule is CCCCN(C)C(=NC)NCc1ccc(C(=O)NC)cc1. The van der Waals surface area contributed by atoms with Crippen LogP contribution in [-0.2, 0) is 6.54 Å². The first kappa shape index (κ1) is 17.0. The van der Waals surface area contributed by atoms with Gasteiger partial charge in [0.2, 0.25) is 0 Å². The third-order valence-electron chi connectivity index (χ3n) is 3.31. The van der Waals surface area contributed by atoms with Gasteiger partial charge >= 0.3 is 0 Å². The van der Waals surface area contributed by atoms with E-state index in [-0.39, 0.29) is 5.91 Å². The van der Waals surface area contributed by atoms with E-state index in [1.165, 1.54) is 6.42 Å². The average molecular weight is 290 g/mol. The molecule has 0 bridgehead atoms. The molecular weight excluding hydrogens is 264 g/mol. The number of rotatable bonds is 6. The fraction of sp³-hybridized carbons (Fsp3) is 0.500. The summed E-state index contributed by atoms with van der Waals surface area (Å²) >= 11 is 0. The van der Waals surface area contributed by atoms with Gasteiger partial charge in [-0.05, 0) is 24.1 Å². The highest BCUT2D eigenvalue weighted by Crippen LogP contribution is 2.04. The molecule has 0 radical (unpaired) electrons. The average Bonchev–Trinajstić information content (AvgIpc) is 2.53. The number of unbranched alkanes of at least 4 members (excludes halogenated alkanes) is 1. The summed E-state index contributed by atoms with van der Waals surface area (Å²) in [4.78, 5) is 17.9. The van der Waals surface area contributed by atoms with Crippen LogP contribution in [0.2, 0.25) is 0 Å². The number of aliphatic imine (C=N–C) groups is 1. The standard InChI is InChI=1S/C16H26N4O/c1-5-6-11-20(4)16(18-3)19-12-13-7-9-14(10-8-13)15(21)17-2/h7-10H,5-6,11-12H2,1-4H3,(H,17,21)(H,18,19). The zero-order valence-corrected chi connectivity index (χ0v) is 13.4. The third kappa shape index (κ3) is 5.45. The van der Waals surface area contributed by atoms with Crippen molar-refractivity contribution in [2.24, 2.45) is 4.99 Å². The van der Waals surface area contributed by atoms with E-state index >= 15 is 0 Å². The molecule has 0 aliphatic heterocycles. The zero-order chi connectivity index (χ0) is 15.7. The first-order chi connectivity index (χ1) is 10.1. The van der Waals surface area contributed by atoms with Gasteiger partial charge in [0, 0.05) is 39.8 Å². The summed E-state index contributed by atoms with van der Waals surface area (Å²) in [5.41, 5.74) is 1.79. The molecule has 5 heteroatoms. The van der Waals surface area contributed by atoms with Gasteiger partial charge < -0.3 is 15.5 Å². The van der Waals surface area contributed by atoms with E-state index in [4.69, 9.17) is 0 Å². The number of guanidine groups is 1. The monoisotopic (exact) mass is 290 g/mol. The lowest BCUT2D eigenvalue weighted by atomic mass is 10.1. The number of nitrogens with zero attached hydrogens (tertiary/aromatic N) is 2. The quantitative estimate of drug-likeness (QED) is 0.621. The second kappa shape index (κ2) is 9.00. The van der Waals surface area contributed by atoms with E-state index in [1.807, 2.05) is 31.3 Å². The second-order valence-electron chi connectivity index (χ2n) is 4.95. The molecule has 0 aliphatic carbocycles. The number of benzene rings is 1. The molecule has 0 unspecified atom stereocenters. The van der Waals surface area contributed by atoms with E-state index in [9.17, 15) is 4.79 Å². The molecule has 0 saturated heterocycles. The number of amides is 1. The maximum Gasteiger partial charge on any atom is 0.251 e. The van der Waals surface area contributed by atoms with E-state index in [2.05, 4.69) is 27.4 Å². The summed E-state index contributed by atoms with van der Waals surface area (Å²) < 4.78 is 0. The molecule has 1 rings (SSSR count). The smallest absolute Gasteiger partial charge is 0.251 e. The predicted molar refractivity (Wildman–Crippen MR) is 87.6 cm³/mol. The molecular formula is C16H26N4O. The van der Waals surface area contributed by atoms with Gasteiger partial charge in [-0.25, -0.2) is 0 Å². The van der Waals surface area contributed by atoms with E-state index in [0.29, 0.717) is 12.1 Å². The van der Waals surface area contributed by atoms with Gasteiger partial charge in [-0.15, -0.1) is 0 Å². The molecule has 5 nitrogen and oxygen atoms in total. The Morgan fingerprint density at radius 3 is 2.48 bits per heavy atom. The first-order valence-electron chi connectivity index (χ1n) is 7.35. The molecule has 0 aliphatic rings. The fourth-order valence-corrected chi connectivity index (χ4v) is 1.99.